The second kappa shape index (κ2) is 12.2. The summed E-state index contributed by atoms with van der Waals surface area (Å²) in [7, 11) is 0. The van der Waals surface area contributed by atoms with Crippen molar-refractivity contribution in [3.8, 4) is 0 Å². The Morgan fingerprint density at radius 3 is 2.50 bits per heavy atom. The largest absolute Gasteiger partial charge is 0.480 e. The molecule has 11 heteroatoms. The van der Waals surface area contributed by atoms with Gasteiger partial charge in [-0.3, -0.25) is 25.6 Å². The van der Waals surface area contributed by atoms with Crippen LogP contribution in [0.4, 0.5) is 0 Å². The van der Waals surface area contributed by atoms with Crippen molar-refractivity contribution in [2.24, 2.45) is 22.7 Å². The van der Waals surface area contributed by atoms with E-state index in [0.717, 1.165) is 11.1 Å². The molecule has 0 fully saturated rings. The van der Waals surface area contributed by atoms with Crippen LogP contribution in [0.25, 0.3) is 0 Å². The van der Waals surface area contributed by atoms with Gasteiger partial charge in [0.05, 0.1) is 6.04 Å². The number of hydrogen-bond acceptors (Lipinski definition) is 7. The van der Waals surface area contributed by atoms with E-state index in [0.29, 0.717) is 5.03 Å². The zero-order chi connectivity index (χ0) is 23.7. The first-order valence-electron chi connectivity index (χ1n) is 10.1. The van der Waals surface area contributed by atoms with E-state index in [-0.39, 0.29) is 37.2 Å². The number of rotatable bonds is 9. The Bertz CT molecular complexity index is 887. The third-order valence-electron chi connectivity index (χ3n) is 5.21. The van der Waals surface area contributed by atoms with Gasteiger partial charge in [-0.25, -0.2) is 5.84 Å². The molecule has 9 N–H and O–H groups in total. The number of carboxylic acids is 1. The van der Waals surface area contributed by atoms with E-state index in [1.165, 1.54) is 0 Å². The fraction of sp³-hybridized carbons (Fsp3) is 0.381. The molecular weight excluding hydrogens is 436 g/mol. The van der Waals surface area contributed by atoms with Crippen LogP contribution in [0.2, 0.25) is 0 Å². The standard InChI is InChI=1S/C21H29ClN6O4/c1-12-2-7-15(22)11-16(12)14-5-3-13(4-6-14)10-18(19(30)26-21(27-23)28-24)25-17(8-9-29)20(31)32/h2-7,11-12,16-18,25,29H,8-10,23-24H2,1H3,(H,31,32)(H2,26,27,28,30). The van der Waals surface area contributed by atoms with Crippen molar-refractivity contribution in [2.45, 2.75) is 37.8 Å². The molecule has 4 unspecified atom stereocenters. The molecule has 0 spiro atoms. The normalized spacial score (nSPS) is 20.2. The number of guanidine groups is 1. The Labute approximate surface area is 191 Å². The number of nitrogens with one attached hydrogen (secondary N) is 3. The number of allylic oxidation sites excluding steroid dienone is 4. The predicted molar refractivity (Wildman–Crippen MR) is 122 cm³/mol. The number of carbonyl (C=O) groups excluding carboxylic acids is 1. The highest BCUT2D eigenvalue weighted by Gasteiger charge is 2.27. The topological polar surface area (TPSA) is 175 Å². The summed E-state index contributed by atoms with van der Waals surface area (Å²) in [6.07, 6.45) is 6.05. The Kier molecular flexibility index (Phi) is 9.66. The quantitative estimate of drug-likeness (QED) is 0.118. The van der Waals surface area contributed by atoms with Gasteiger partial charge in [0.2, 0.25) is 11.9 Å². The van der Waals surface area contributed by atoms with Crippen LogP contribution in [-0.2, 0) is 16.0 Å². The van der Waals surface area contributed by atoms with E-state index >= 15 is 0 Å². The van der Waals surface area contributed by atoms with Gasteiger partial charge in [-0.1, -0.05) is 54.9 Å². The summed E-state index contributed by atoms with van der Waals surface area (Å²) in [6, 6.07) is 5.60. The van der Waals surface area contributed by atoms with Crippen molar-refractivity contribution in [2.75, 3.05) is 6.61 Å². The van der Waals surface area contributed by atoms with E-state index in [2.05, 4.69) is 34.2 Å². The van der Waals surface area contributed by atoms with Crippen molar-refractivity contribution in [1.82, 2.24) is 16.1 Å². The van der Waals surface area contributed by atoms with Crippen molar-refractivity contribution in [3.63, 3.8) is 0 Å². The van der Waals surface area contributed by atoms with Crippen molar-refractivity contribution >= 4 is 29.4 Å². The molecule has 1 amide bonds. The molecule has 0 saturated heterocycles. The fourth-order valence-electron chi connectivity index (χ4n) is 3.44. The van der Waals surface area contributed by atoms with Crippen LogP contribution in [0.15, 0.2) is 52.6 Å². The van der Waals surface area contributed by atoms with Gasteiger partial charge in [-0.05, 0) is 36.0 Å². The molecule has 1 aromatic carbocycles. The monoisotopic (exact) mass is 464 g/mol. The Balaban J connectivity index is 2.21. The molecule has 10 nitrogen and oxygen atoms in total. The average Bonchev–Trinajstić information content (AvgIpc) is 2.78. The van der Waals surface area contributed by atoms with E-state index in [1.807, 2.05) is 36.4 Å². The van der Waals surface area contributed by atoms with Gasteiger partial charge < -0.3 is 16.1 Å². The lowest BCUT2D eigenvalue weighted by Crippen LogP contribution is -2.56. The number of nitrogens with two attached hydrogens (primary N) is 2. The van der Waals surface area contributed by atoms with Crippen molar-refractivity contribution in [1.29, 1.82) is 0 Å². The first-order valence-corrected chi connectivity index (χ1v) is 10.5. The number of nitrogens with zero attached hydrogens (tertiary/aromatic N) is 1. The molecule has 0 aliphatic heterocycles. The highest BCUT2D eigenvalue weighted by molar-refractivity contribution is 6.31. The molecular formula is C21H29ClN6O4. The van der Waals surface area contributed by atoms with Crippen molar-refractivity contribution in [3.05, 3.63) is 58.7 Å². The van der Waals surface area contributed by atoms with Crippen LogP contribution < -0.4 is 27.7 Å². The zero-order valence-corrected chi connectivity index (χ0v) is 18.4. The molecule has 1 aliphatic rings. The highest BCUT2D eigenvalue weighted by Crippen LogP contribution is 2.33. The molecule has 0 aromatic heterocycles. The number of benzene rings is 1. The van der Waals surface area contributed by atoms with Crippen LogP contribution in [0, 0.1) is 5.92 Å². The summed E-state index contributed by atoms with van der Waals surface area (Å²) in [6.45, 7) is 1.76. The van der Waals surface area contributed by atoms with Crippen LogP contribution in [-0.4, -0.2) is 46.7 Å². The van der Waals surface area contributed by atoms with Gasteiger partial charge >= 0.3 is 5.97 Å². The first-order chi connectivity index (χ1) is 15.3. The van der Waals surface area contributed by atoms with Gasteiger partial charge in [0.15, 0.2) is 0 Å². The molecule has 32 heavy (non-hydrogen) atoms. The lowest BCUT2D eigenvalue weighted by molar-refractivity contribution is -0.140. The second-order valence-corrected chi connectivity index (χ2v) is 7.91. The third kappa shape index (κ3) is 7.06. The lowest BCUT2D eigenvalue weighted by Gasteiger charge is -2.24. The van der Waals surface area contributed by atoms with Crippen molar-refractivity contribution < 1.29 is 19.8 Å². The summed E-state index contributed by atoms with van der Waals surface area (Å²) in [5.74, 6) is 8.89. The smallest absolute Gasteiger partial charge is 0.320 e. The van der Waals surface area contributed by atoms with Crippen LogP contribution in [0.5, 0.6) is 0 Å². The van der Waals surface area contributed by atoms with Crippen LogP contribution in [0.1, 0.15) is 30.4 Å². The van der Waals surface area contributed by atoms with Crippen LogP contribution >= 0.6 is 11.6 Å². The molecule has 0 bridgehead atoms. The summed E-state index contributed by atoms with van der Waals surface area (Å²) in [4.78, 5) is 24.2. The minimum atomic E-state index is -1.18. The Hall–Kier alpha value is -2.92. The molecule has 0 heterocycles. The Morgan fingerprint density at radius 2 is 1.94 bits per heavy atom. The SMILES string of the molecule is CC1C=CC(Cl)=CC1c1ccc(CC(NC(CCO)C(=O)O)C(=O)N/C(=N\N)NN)cc1. The second-order valence-electron chi connectivity index (χ2n) is 7.47. The third-order valence-corrected chi connectivity index (χ3v) is 5.46. The van der Waals surface area contributed by atoms with E-state index in [4.69, 9.17) is 28.4 Å². The maximum absolute atomic E-state index is 12.7. The molecule has 174 valence electrons. The first kappa shape index (κ1) is 25.3. The van der Waals surface area contributed by atoms with Gasteiger partial charge in [-0.2, -0.15) is 0 Å². The Morgan fingerprint density at radius 1 is 1.25 bits per heavy atom. The number of carboxylic acid groups (broad SMARTS) is 1. The van der Waals surface area contributed by atoms with Gasteiger partial charge in [-0.15, -0.1) is 5.10 Å². The minimum absolute atomic E-state index is 0.0643. The van der Waals surface area contributed by atoms with E-state index < -0.39 is 24.0 Å². The predicted octanol–water partition coefficient (Wildman–Crippen LogP) is 0.244. The fourth-order valence-corrected chi connectivity index (χ4v) is 3.65. The van der Waals surface area contributed by atoms with Gasteiger partial charge in [0.25, 0.3) is 0 Å². The number of carbonyl (C=O) groups is 2. The maximum atomic E-state index is 12.7. The lowest BCUT2D eigenvalue weighted by atomic mass is 9.84. The van der Waals surface area contributed by atoms with Gasteiger partial charge in [0, 0.05) is 17.6 Å². The summed E-state index contributed by atoms with van der Waals surface area (Å²) in [5.41, 5.74) is 4.02. The molecule has 1 aliphatic carbocycles. The number of halogens is 1. The molecule has 0 radical (unpaired) electrons. The number of aliphatic carboxylic acids is 1. The van der Waals surface area contributed by atoms with Crippen LogP contribution in [0.3, 0.4) is 0 Å². The molecule has 0 saturated carbocycles. The summed E-state index contributed by atoms with van der Waals surface area (Å²) >= 11 is 6.15. The molecule has 2 rings (SSSR count). The minimum Gasteiger partial charge on any atom is -0.480 e. The van der Waals surface area contributed by atoms with E-state index in [9.17, 15) is 14.7 Å². The summed E-state index contributed by atoms with van der Waals surface area (Å²) < 4.78 is 0. The zero-order valence-electron chi connectivity index (χ0n) is 17.7. The number of aliphatic hydroxyl groups excluding tert-OH is 1. The van der Waals surface area contributed by atoms with E-state index in [1.54, 1.807) is 0 Å². The highest BCUT2D eigenvalue weighted by atomic mass is 35.5. The van der Waals surface area contributed by atoms with Gasteiger partial charge in [0.1, 0.15) is 6.04 Å². The number of aliphatic hydroxyl groups is 1. The number of hydrazine groups is 1. The maximum Gasteiger partial charge on any atom is 0.320 e. The summed E-state index contributed by atoms with van der Waals surface area (Å²) in [5, 5.41) is 27.7. The number of hydrazone groups is 1. The molecule has 4 atom stereocenters. The average molecular weight is 465 g/mol. The number of amides is 1. The molecule has 1 aromatic rings. The number of hydrogen-bond donors (Lipinski definition) is 7.